The van der Waals surface area contributed by atoms with Crippen molar-refractivity contribution in [3.8, 4) is 0 Å². The molecule has 1 unspecified atom stereocenters. The van der Waals surface area contributed by atoms with Gasteiger partial charge in [-0.15, -0.1) is 11.8 Å². The van der Waals surface area contributed by atoms with Crippen molar-refractivity contribution < 1.29 is 14.1 Å². The smallest absolute Gasteiger partial charge is 0.235 e. The number of carbonyl (C=O) groups excluding carboxylic acids is 2. The van der Waals surface area contributed by atoms with Crippen molar-refractivity contribution in [3.05, 3.63) is 47.7 Å². The molecule has 1 saturated carbocycles. The van der Waals surface area contributed by atoms with Gasteiger partial charge in [0.1, 0.15) is 5.76 Å². The highest BCUT2D eigenvalue weighted by atomic mass is 32.2. The van der Waals surface area contributed by atoms with Crippen molar-refractivity contribution in [1.29, 1.82) is 0 Å². The number of benzene rings is 1. The Morgan fingerprint density at radius 2 is 1.96 bits per heavy atom. The number of nitrogens with zero attached hydrogens (tertiary/aromatic N) is 1. The minimum Gasteiger partial charge on any atom is -0.360 e. The lowest BCUT2D eigenvalue weighted by atomic mass is 10.0. The highest BCUT2D eigenvalue weighted by molar-refractivity contribution is 8.00. The molecule has 0 bridgehead atoms. The molecular weight excluding hydrogens is 338 g/mol. The predicted octanol–water partition coefficient (Wildman–Crippen LogP) is 2.92. The average molecular weight is 359 g/mol. The number of hydrogen-bond acceptors (Lipinski definition) is 5. The molecule has 0 saturated heterocycles. The van der Waals surface area contributed by atoms with Gasteiger partial charge in [-0.3, -0.25) is 9.59 Å². The molecule has 0 radical (unpaired) electrons. The summed E-state index contributed by atoms with van der Waals surface area (Å²) < 4.78 is 4.89. The number of hydrogen-bond donors (Lipinski definition) is 2. The number of carbonyl (C=O) groups is 2. The molecule has 1 aliphatic rings. The summed E-state index contributed by atoms with van der Waals surface area (Å²) in [5, 5.41) is 9.44. The van der Waals surface area contributed by atoms with E-state index in [1.165, 1.54) is 11.8 Å². The normalized spacial score (nSPS) is 14.8. The molecular formula is C18H21N3O3S. The summed E-state index contributed by atoms with van der Waals surface area (Å²) in [6.45, 7) is 1.75. The summed E-state index contributed by atoms with van der Waals surface area (Å²) >= 11 is 1.28. The fourth-order valence-electron chi connectivity index (χ4n) is 2.62. The summed E-state index contributed by atoms with van der Waals surface area (Å²) in [5.41, 5.74) is 1.14. The number of nitrogens with one attached hydrogen (secondary N) is 2. The standard InChI is InChI=1S/C18H21N3O3S/c1-12-9-15(21-24-12)19-16(22)10-25-11-17(23)20-18(14-7-8-14)13-5-3-2-4-6-13/h2-6,9,14,18H,7-8,10-11H2,1H3,(H,20,23)(H,19,21,22). The highest BCUT2D eigenvalue weighted by Crippen LogP contribution is 2.40. The van der Waals surface area contributed by atoms with E-state index in [4.69, 9.17) is 4.52 Å². The van der Waals surface area contributed by atoms with Crippen molar-refractivity contribution in [3.63, 3.8) is 0 Å². The lowest BCUT2D eigenvalue weighted by Crippen LogP contribution is -2.31. The Morgan fingerprint density at radius 1 is 1.24 bits per heavy atom. The van der Waals surface area contributed by atoms with Crippen LogP contribution in [0.1, 0.15) is 30.2 Å². The maximum atomic E-state index is 12.2. The van der Waals surface area contributed by atoms with E-state index in [-0.39, 0.29) is 29.4 Å². The Kier molecular flexibility index (Phi) is 5.75. The van der Waals surface area contributed by atoms with E-state index in [1.807, 2.05) is 30.3 Å². The summed E-state index contributed by atoms with van der Waals surface area (Å²) in [6.07, 6.45) is 2.29. The molecule has 3 rings (SSSR count). The predicted molar refractivity (Wildman–Crippen MR) is 97.2 cm³/mol. The van der Waals surface area contributed by atoms with Crippen LogP contribution in [-0.4, -0.2) is 28.5 Å². The Balaban J connectivity index is 1.42. The number of thioether (sulfide) groups is 1. The van der Waals surface area contributed by atoms with E-state index in [9.17, 15) is 9.59 Å². The quantitative estimate of drug-likeness (QED) is 0.757. The van der Waals surface area contributed by atoms with Crippen LogP contribution in [-0.2, 0) is 9.59 Å². The molecule has 1 atom stereocenters. The zero-order valence-corrected chi connectivity index (χ0v) is 14.8. The monoisotopic (exact) mass is 359 g/mol. The van der Waals surface area contributed by atoms with Crippen molar-refractivity contribution >= 4 is 29.4 Å². The SMILES string of the molecule is Cc1cc(NC(=O)CSCC(=O)NC(c2ccccc2)C2CC2)no1. The maximum absolute atomic E-state index is 12.2. The van der Waals surface area contributed by atoms with Crippen molar-refractivity contribution in [2.24, 2.45) is 5.92 Å². The first-order chi connectivity index (χ1) is 12.1. The third-order valence-electron chi connectivity index (χ3n) is 3.93. The van der Waals surface area contributed by atoms with E-state index in [2.05, 4.69) is 15.8 Å². The van der Waals surface area contributed by atoms with Gasteiger partial charge in [0, 0.05) is 6.07 Å². The molecule has 1 heterocycles. The van der Waals surface area contributed by atoms with Crippen LogP contribution < -0.4 is 10.6 Å². The van der Waals surface area contributed by atoms with Crippen LogP contribution in [0.25, 0.3) is 0 Å². The second kappa shape index (κ2) is 8.20. The molecule has 2 amide bonds. The van der Waals surface area contributed by atoms with E-state index >= 15 is 0 Å². The molecule has 0 aliphatic heterocycles. The van der Waals surface area contributed by atoms with Crippen LogP contribution in [0.3, 0.4) is 0 Å². The number of rotatable bonds is 8. The molecule has 1 aromatic carbocycles. The minimum absolute atomic E-state index is 0.0455. The van der Waals surface area contributed by atoms with Gasteiger partial charge in [0.05, 0.1) is 17.5 Å². The molecule has 6 nitrogen and oxygen atoms in total. The van der Waals surface area contributed by atoms with E-state index < -0.39 is 0 Å². The maximum Gasteiger partial charge on any atom is 0.235 e. The van der Waals surface area contributed by atoms with Crippen LogP contribution in [0.5, 0.6) is 0 Å². The summed E-state index contributed by atoms with van der Waals surface area (Å²) in [5.74, 6) is 1.75. The van der Waals surface area contributed by atoms with Crippen molar-refractivity contribution in [1.82, 2.24) is 10.5 Å². The second-order valence-electron chi connectivity index (χ2n) is 6.16. The lowest BCUT2D eigenvalue weighted by Gasteiger charge is -2.18. The van der Waals surface area contributed by atoms with Gasteiger partial charge in [-0.05, 0) is 31.2 Å². The zero-order valence-electron chi connectivity index (χ0n) is 14.0. The lowest BCUT2D eigenvalue weighted by molar-refractivity contribution is -0.119. The summed E-state index contributed by atoms with van der Waals surface area (Å²) in [4.78, 5) is 24.0. The molecule has 2 N–H and O–H groups in total. The second-order valence-corrected chi connectivity index (χ2v) is 7.14. The number of anilines is 1. The fourth-order valence-corrected chi connectivity index (χ4v) is 3.25. The van der Waals surface area contributed by atoms with E-state index in [1.54, 1.807) is 13.0 Å². The first-order valence-corrected chi connectivity index (χ1v) is 9.42. The molecule has 1 aliphatic carbocycles. The Morgan fingerprint density at radius 3 is 2.60 bits per heavy atom. The molecule has 0 spiro atoms. The van der Waals surface area contributed by atoms with Crippen LogP contribution in [0.4, 0.5) is 5.82 Å². The van der Waals surface area contributed by atoms with Gasteiger partial charge in [0.25, 0.3) is 0 Å². The summed E-state index contributed by atoms with van der Waals surface area (Å²) in [7, 11) is 0. The van der Waals surface area contributed by atoms with Crippen molar-refractivity contribution in [2.75, 3.05) is 16.8 Å². The Hall–Kier alpha value is -2.28. The van der Waals surface area contributed by atoms with Crippen molar-refractivity contribution in [2.45, 2.75) is 25.8 Å². The van der Waals surface area contributed by atoms with Crippen LogP contribution >= 0.6 is 11.8 Å². The number of amides is 2. The van der Waals surface area contributed by atoms with E-state index in [0.29, 0.717) is 17.5 Å². The zero-order chi connectivity index (χ0) is 17.6. The molecule has 7 heteroatoms. The van der Waals surface area contributed by atoms with E-state index in [0.717, 1.165) is 18.4 Å². The Bertz CT molecular complexity index is 728. The number of aryl methyl sites for hydroxylation is 1. The van der Waals surface area contributed by atoms with Gasteiger partial charge >= 0.3 is 0 Å². The molecule has 2 aromatic rings. The third kappa shape index (κ3) is 5.35. The topological polar surface area (TPSA) is 84.2 Å². The average Bonchev–Trinajstić information content (AvgIpc) is 3.36. The van der Waals surface area contributed by atoms with Crippen LogP contribution in [0.15, 0.2) is 40.9 Å². The van der Waals surface area contributed by atoms with Gasteiger partial charge in [0.2, 0.25) is 11.8 Å². The largest absolute Gasteiger partial charge is 0.360 e. The van der Waals surface area contributed by atoms with Crippen LogP contribution in [0, 0.1) is 12.8 Å². The molecule has 25 heavy (non-hydrogen) atoms. The fraction of sp³-hybridized carbons (Fsp3) is 0.389. The minimum atomic E-state index is -0.201. The van der Waals surface area contributed by atoms with Gasteiger partial charge in [-0.2, -0.15) is 0 Å². The first-order valence-electron chi connectivity index (χ1n) is 8.27. The van der Waals surface area contributed by atoms with Gasteiger partial charge in [-0.25, -0.2) is 0 Å². The van der Waals surface area contributed by atoms with Crippen LogP contribution in [0.2, 0.25) is 0 Å². The van der Waals surface area contributed by atoms with Gasteiger partial charge < -0.3 is 15.2 Å². The Labute approximate surface area is 150 Å². The van der Waals surface area contributed by atoms with Gasteiger partial charge in [0.15, 0.2) is 5.82 Å². The molecule has 132 valence electrons. The third-order valence-corrected chi connectivity index (χ3v) is 4.86. The molecule has 1 fully saturated rings. The number of aromatic nitrogens is 1. The molecule has 1 aromatic heterocycles. The highest BCUT2D eigenvalue weighted by Gasteiger charge is 2.33. The summed E-state index contributed by atoms with van der Waals surface area (Å²) in [6, 6.07) is 11.8. The van der Waals surface area contributed by atoms with Gasteiger partial charge in [-0.1, -0.05) is 35.5 Å². The first kappa shape index (κ1) is 17.5.